The number of β-lactam (4-membered cyclic amide) rings is 1. The zero-order valence-electron chi connectivity index (χ0n) is 28.4. The van der Waals surface area contributed by atoms with E-state index < -0.39 is 39.3 Å². The fraction of sp³-hybridized carbons (Fsp3) is 0.310. The Bertz CT molecular complexity index is 1900. The van der Waals surface area contributed by atoms with Crippen LogP contribution in [0.5, 0.6) is 0 Å². The highest BCUT2D eigenvalue weighted by Gasteiger charge is 2.77. The number of amides is 1. The Morgan fingerprint density at radius 1 is 0.900 bits per heavy atom. The molecule has 2 heterocycles. The van der Waals surface area contributed by atoms with E-state index >= 15 is 0 Å². The summed E-state index contributed by atoms with van der Waals surface area (Å²) in [5, 5.41) is 12.2. The number of Topliss-reactive ketones (excluding diaryl/α,β-unsaturated/α-hetero) is 1. The van der Waals surface area contributed by atoms with Crippen LogP contribution in [0.1, 0.15) is 60.2 Å². The molecule has 2 aliphatic heterocycles. The van der Waals surface area contributed by atoms with Crippen LogP contribution in [0.15, 0.2) is 133 Å². The molecule has 2 fully saturated rings. The molecule has 7 nitrogen and oxygen atoms in total. The molecule has 7 rings (SSSR count). The van der Waals surface area contributed by atoms with Crippen molar-refractivity contribution in [2.75, 3.05) is 6.61 Å². The lowest BCUT2D eigenvalue weighted by molar-refractivity contribution is -0.270. The molecule has 0 aromatic heterocycles. The topological polar surface area (TPSA) is 93.1 Å². The van der Waals surface area contributed by atoms with E-state index in [2.05, 4.69) is 0 Å². The first-order chi connectivity index (χ1) is 24.1. The van der Waals surface area contributed by atoms with Gasteiger partial charge in [0, 0.05) is 27.4 Å². The minimum Gasteiger partial charge on any atom is -0.462 e. The third kappa shape index (κ3) is 5.69. The summed E-state index contributed by atoms with van der Waals surface area (Å²) < 4.78 is 11.6. The number of carbonyl (C=O) groups is 3. The SMILES string of the molecule is CC(COC(=O)C1=CCC2(C(=O)N3[C@@H](C(O)(OCc4ccccc4)c4ccccc4)C(C)(C)S[C@@H]32)C1C(=O)c1ccccc1)c1ccccc1. The van der Waals surface area contributed by atoms with E-state index in [1.165, 1.54) is 0 Å². The highest BCUT2D eigenvalue weighted by atomic mass is 32.2. The Hall–Kier alpha value is -4.50. The molecule has 4 aromatic carbocycles. The van der Waals surface area contributed by atoms with Crippen molar-refractivity contribution in [3.63, 3.8) is 0 Å². The summed E-state index contributed by atoms with van der Waals surface area (Å²) in [5.74, 6) is -4.14. The van der Waals surface area contributed by atoms with Crippen LogP contribution in [0, 0.1) is 11.3 Å². The van der Waals surface area contributed by atoms with Crippen LogP contribution >= 0.6 is 11.8 Å². The van der Waals surface area contributed by atoms with Crippen LogP contribution < -0.4 is 0 Å². The second-order valence-corrected chi connectivity index (χ2v) is 15.7. The first-order valence-corrected chi connectivity index (χ1v) is 17.9. The van der Waals surface area contributed by atoms with Gasteiger partial charge in [-0.3, -0.25) is 9.59 Å². The van der Waals surface area contributed by atoms with Crippen LogP contribution in [0.4, 0.5) is 0 Å². The summed E-state index contributed by atoms with van der Waals surface area (Å²) in [6.45, 7) is 6.24. The first-order valence-electron chi connectivity index (χ1n) is 17.1. The van der Waals surface area contributed by atoms with Crippen molar-refractivity contribution in [2.45, 2.75) is 61.7 Å². The molecular formula is C42H41NO6S. The highest BCUT2D eigenvalue weighted by Crippen LogP contribution is 2.68. The highest BCUT2D eigenvalue weighted by molar-refractivity contribution is 8.01. The van der Waals surface area contributed by atoms with Gasteiger partial charge in [0.1, 0.15) is 6.04 Å². The minimum atomic E-state index is -1.88. The van der Waals surface area contributed by atoms with Crippen molar-refractivity contribution in [1.82, 2.24) is 4.90 Å². The number of aliphatic hydroxyl groups is 1. The van der Waals surface area contributed by atoms with E-state index in [0.29, 0.717) is 11.1 Å². The van der Waals surface area contributed by atoms with Crippen molar-refractivity contribution in [3.05, 3.63) is 155 Å². The van der Waals surface area contributed by atoms with E-state index in [1.54, 1.807) is 47.0 Å². The molecule has 1 N–H and O–H groups in total. The van der Waals surface area contributed by atoms with Crippen molar-refractivity contribution >= 4 is 29.4 Å². The Morgan fingerprint density at radius 3 is 2.12 bits per heavy atom. The first kappa shape index (κ1) is 34.0. The Kier molecular flexibility index (Phi) is 9.05. The number of carbonyl (C=O) groups excluding carboxylic acids is 3. The number of esters is 1. The second-order valence-electron chi connectivity index (χ2n) is 14.0. The maximum absolute atomic E-state index is 14.9. The maximum Gasteiger partial charge on any atom is 0.334 e. The van der Waals surface area contributed by atoms with Crippen LogP contribution in [-0.4, -0.2) is 50.4 Å². The quantitative estimate of drug-likeness (QED) is 0.0767. The molecule has 2 saturated heterocycles. The lowest BCUT2D eigenvalue weighted by atomic mass is 9.64. The molecule has 1 amide bonds. The molecule has 8 heteroatoms. The van der Waals surface area contributed by atoms with Gasteiger partial charge in [0.05, 0.1) is 29.9 Å². The summed E-state index contributed by atoms with van der Waals surface area (Å²) in [7, 11) is 0. The molecule has 0 radical (unpaired) electrons. The number of allylic oxidation sites excluding steroid dienone is 1. The minimum absolute atomic E-state index is 0.0568. The summed E-state index contributed by atoms with van der Waals surface area (Å²) in [5.41, 5.74) is 1.86. The van der Waals surface area contributed by atoms with E-state index in [4.69, 9.17) is 9.47 Å². The number of fused-ring (bicyclic) bond motifs is 2. The predicted molar refractivity (Wildman–Crippen MR) is 193 cm³/mol. The van der Waals surface area contributed by atoms with E-state index in [1.807, 2.05) is 118 Å². The summed E-state index contributed by atoms with van der Waals surface area (Å²) in [4.78, 5) is 45.0. The van der Waals surface area contributed by atoms with Crippen molar-refractivity contribution in [1.29, 1.82) is 0 Å². The van der Waals surface area contributed by atoms with Crippen LogP contribution in [-0.2, 0) is 31.5 Å². The Balaban J connectivity index is 1.22. The summed E-state index contributed by atoms with van der Waals surface area (Å²) >= 11 is 1.54. The number of ether oxygens (including phenoxy) is 2. The van der Waals surface area contributed by atoms with Crippen LogP contribution in [0.25, 0.3) is 0 Å². The largest absolute Gasteiger partial charge is 0.462 e. The molecule has 256 valence electrons. The van der Waals surface area contributed by atoms with Crippen molar-refractivity contribution in [2.24, 2.45) is 11.3 Å². The van der Waals surface area contributed by atoms with Gasteiger partial charge >= 0.3 is 5.97 Å². The smallest absolute Gasteiger partial charge is 0.334 e. The zero-order chi connectivity index (χ0) is 35.1. The maximum atomic E-state index is 14.9. The predicted octanol–water partition coefficient (Wildman–Crippen LogP) is 7.27. The number of ketones is 1. The van der Waals surface area contributed by atoms with Crippen molar-refractivity contribution < 1.29 is 29.0 Å². The number of hydrogen-bond donors (Lipinski definition) is 1. The normalized spacial score (nSPS) is 25.3. The molecule has 0 bridgehead atoms. The van der Waals surface area contributed by atoms with Gasteiger partial charge in [-0.25, -0.2) is 4.79 Å². The van der Waals surface area contributed by atoms with Gasteiger partial charge in [0.2, 0.25) is 11.7 Å². The summed E-state index contributed by atoms with van der Waals surface area (Å²) in [6.07, 6.45) is 1.94. The van der Waals surface area contributed by atoms with Gasteiger partial charge in [0.25, 0.3) is 0 Å². The lowest BCUT2D eigenvalue weighted by Crippen LogP contribution is -2.73. The molecular weight excluding hydrogens is 647 g/mol. The monoisotopic (exact) mass is 687 g/mol. The van der Waals surface area contributed by atoms with Crippen molar-refractivity contribution in [3.8, 4) is 0 Å². The Labute approximate surface area is 297 Å². The standard InChI is InChI=1S/C42H41NO6S/c1-28(30-18-10-5-11-19-30)26-48-36(45)33-24-25-41(34(33)35(44)31-20-12-6-13-21-31)38(46)43-37(40(2,3)50-39(41)43)42(47,32-22-14-7-15-23-32)49-27-29-16-8-4-9-17-29/h4-24,28,34,37,39,47H,25-27H2,1-3H3/t28?,34?,37-,39-,41?,42?/m1/s1. The molecule has 6 atom stereocenters. The molecule has 3 aliphatic rings. The fourth-order valence-corrected chi connectivity index (χ4v) is 9.77. The van der Waals surface area contributed by atoms with Gasteiger partial charge in [-0.05, 0) is 31.4 Å². The second kappa shape index (κ2) is 13.3. The molecule has 0 saturated carbocycles. The van der Waals surface area contributed by atoms with Gasteiger partial charge in [0.15, 0.2) is 5.78 Å². The number of rotatable bonds is 11. The van der Waals surface area contributed by atoms with Crippen LogP contribution in [0.3, 0.4) is 0 Å². The van der Waals surface area contributed by atoms with E-state index in [9.17, 15) is 19.5 Å². The molecule has 50 heavy (non-hydrogen) atoms. The average molecular weight is 688 g/mol. The lowest BCUT2D eigenvalue weighted by Gasteiger charge is -2.56. The molecule has 4 unspecified atom stereocenters. The van der Waals surface area contributed by atoms with Crippen LogP contribution in [0.2, 0.25) is 0 Å². The third-order valence-electron chi connectivity index (χ3n) is 10.4. The summed E-state index contributed by atoms with van der Waals surface area (Å²) in [6, 6.07) is 36.6. The number of nitrogens with zero attached hydrogens (tertiary/aromatic N) is 1. The third-order valence-corrected chi connectivity index (χ3v) is 12.1. The van der Waals surface area contributed by atoms with E-state index in [-0.39, 0.29) is 42.8 Å². The molecule has 1 spiro atoms. The van der Waals surface area contributed by atoms with Gasteiger partial charge in [-0.1, -0.05) is 134 Å². The van der Waals surface area contributed by atoms with Gasteiger partial charge in [-0.15, -0.1) is 11.8 Å². The molecule has 1 aliphatic carbocycles. The number of hydrogen-bond acceptors (Lipinski definition) is 7. The molecule has 4 aromatic rings. The van der Waals surface area contributed by atoms with Gasteiger partial charge < -0.3 is 19.5 Å². The van der Waals surface area contributed by atoms with Gasteiger partial charge in [-0.2, -0.15) is 0 Å². The average Bonchev–Trinajstić information content (AvgIpc) is 3.70. The fourth-order valence-electron chi connectivity index (χ4n) is 7.91. The number of benzene rings is 4. The number of thioether (sulfide) groups is 1. The Morgan fingerprint density at radius 2 is 1.48 bits per heavy atom. The van der Waals surface area contributed by atoms with E-state index in [0.717, 1.165) is 11.1 Å². The zero-order valence-corrected chi connectivity index (χ0v) is 29.2.